The lowest BCUT2D eigenvalue weighted by Crippen LogP contribution is -2.18. The fraction of sp³-hybridized carbons (Fsp3) is 0.158. The lowest BCUT2D eigenvalue weighted by molar-refractivity contribution is 0.0958. The van der Waals surface area contributed by atoms with Gasteiger partial charge in [0.25, 0.3) is 5.91 Å². The number of fused-ring (bicyclic) bond motifs is 1. The van der Waals surface area contributed by atoms with Gasteiger partial charge in [-0.1, -0.05) is 0 Å². The van der Waals surface area contributed by atoms with Gasteiger partial charge < -0.3 is 14.5 Å². The Morgan fingerprint density at radius 2 is 2.07 bits per heavy atom. The number of pyridine rings is 1. The number of oxazole rings is 1. The van der Waals surface area contributed by atoms with Crippen LogP contribution in [0.5, 0.6) is 11.5 Å². The summed E-state index contributed by atoms with van der Waals surface area (Å²) in [6, 6.07) is 9.14. The number of hydrogen-bond donors (Lipinski definition) is 1. The van der Waals surface area contributed by atoms with Crippen molar-refractivity contribution in [3.05, 3.63) is 53.8 Å². The van der Waals surface area contributed by atoms with Crippen LogP contribution in [0.1, 0.15) is 17.4 Å². The van der Waals surface area contributed by atoms with Crippen molar-refractivity contribution in [2.75, 3.05) is 18.5 Å². The van der Waals surface area contributed by atoms with Crippen molar-refractivity contribution in [2.45, 2.75) is 6.92 Å². The van der Waals surface area contributed by atoms with Crippen LogP contribution >= 0.6 is 11.3 Å². The number of rotatable bonds is 6. The predicted molar refractivity (Wildman–Crippen MR) is 107 cm³/mol. The molecule has 0 atom stereocenters. The Balaban J connectivity index is 1.61. The zero-order valence-electron chi connectivity index (χ0n) is 15.2. The van der Waals surface area contributed by atoms with E-state index >= 15 is 0 Å². The maximum atomic E-state index is 11.7. The van der Waals surface area contributed by atoms with Crippen LogP contribution in [-0.2, 0) is 0 Å². The second-order valence-electron chi connectivity index (χ2n) is 5.74. The summed E-state index contributed by atoms with van der Waals surface area (Å²) < 4.78 is 11.8. The van der Waals surface area contributed by atoms with E-state index in [9.17, 15) is 4.79 Å². The van der Waals surface area contributed by atoms with Crippen molar-refractivity contribution in [1.82, 2.24) is 20.3 Å². The van der Waals surface area contributed by atoms with Gasteiger partial charge in [0.2, 0.25) is 0 Å². The molecule has 28 heavy (non-hydrogen) atoms. The van der Waals surface area contributed by atoms with Crippen LogP contribution in [-0.4, -0.2) is 34.5 Å². The van der Waals surface area contributed by atoms with Crippen LogP contribution in [0.3, 0.4) is 0 Å². The minimum atomic E-state index is -0.275. The van der Waals surface area contributed by atoms with E-state index in [1.54, 1.807) is 37.5 Å². The zero-order chi connectivity index (χ0) is 19.5. The average Bonchev–Trinajstić information content (AvgIpc) is 3.38. The van der Waals surface area contributed by atoms with Gasteiger partial charge in [0.05, 0.1) is 0 Å². The second kappa shape index (κ2) is 7.65. The molecule has 1 N–H and O–H groups in total. The van der Waals surface area contributed by atoms with Crippen molar-refractivity contribution < 1.29 is 13.9 Å². The van der Waals surface area contributed by atoms with Gasteiger partial charge in [0.1, 0.15) is 22.7 Å². The first-order valence-corrected chi connectivity index (χ1v) is 9.49. The van der Waals surface area contributed by atoms with E-state index in [1.165, 1.54) is 17.5 Å². The van der Waals surface area contributed by atoms with Crippen LogP contribution < -0.4 is 15.0 Å². The Kier molecular flexibility index (Phi) is 4.90. The normalized spacial score (nSPS) is 10.8. The number of nitrogens with one attached hydrogen (secondary N) is 1. The maximum Gasteiger partial charge on any atom is 0.304 e. The summed E-state index contributed by atoms with van der Waals surface area (Å²) in [7, 11) is 1.55. The van der Waals surface area contributed by atoms with Gasteiger partial charge in [-0.2, -0.15) is 4.98 Å². The summed E-state index contributed by atoms with van der Waals surface area (Å²) in [5.41, 5.74) is 1.60. The van der Waals surface area contributed by atoms with Crippen LogP contribution in [0.15, 0.2) is 52.5 Å². The molecule has 0 bridgehead atoms. The number of aromatic nitrogens is 3. The largest absolute Gasteiger partial charge is 0.457 e. The molecule has 0 fully saturated rings. The number of amides is 1. The van der Waals surface area contributed by atoms with Crippen LogP contribution in [0.4, 0.5) is 11.1 Å². The number of carbonyl (C=O) groups is 1. The number of benzene rings is 1. The molecule has 0 radical (unpaired) electrons. The lowest BCUT2D eigenvalue weighted by Gasteiger charge is -2.13. The molecule has 3 aromatic heterocycles. The highest BCUT2D eigenvalue weighted by Gasteiger charge is 2.17. The lowest BCUT2D eigenvalue weighted by atomic mass is 10.3. The number of ether oxygens (including phenoxy) is 1. The van der Waals surface area contributed by atoms with E-state index in [1.807, 2.05) is 23.3 Å². The van der Waals surface area contributed by atoms with Crippen molar-refractivity contribution in [1.29, 1.82) is 0 Å². The third-order valence-electron chi connectivity index (χ3n) is 3.97. The first kappa shape index (κ1) is 17.9. The molecule has 0 aliphatic rings. The second-order valence-corrected chi connectivity index (χ2v) is 6.62. The Hall–Kier alpha value is -3.46. The monoisotopic (exact) mass is 395 g/mol. The average molecular weight is 395 g/mol. The smallest absolute Gasteiger partial charge is 0.304 e. The Bertz CT molecular complexity index is 1110. The molecule has 0 aliphatic heterocycles. The highest BCUT2D eigenvalue weighted by Crippen LogP contribution is 2.32. The molecular weight excluding hydrogens is 378 g/mol. The van der Waals surface area contributed by atoms with E-state index < -0.39 is 0 Å². The van der Waals surface area contributed by atoms with Crippen molar-refractivity contribution in [3.63, 3.8) is 0 Å². The van der Waals surface area contributed by atoms with Gasteiger partial charge in [0, 0.05) is 43.5 Å². The van der Waals surface area contributed by atoms with E-state index in [-0.39, 0.29) is 11.6 Å². The molecule has 0 spiro atoms. The van der Waals surface area contributed by atoms with Gasteiger partial charge in [-0.15, -0.1) is 11.3 Å². The van der Waals surface area contributed by atoms with Crippen LogP contribution in [0, 0.1) is 0 Å². The Morgan fingerprint density at radius 3 is 2.82 bits per heavy atom. The number of hydrogen-bond acceptors (Lipinski definition) is 8. The summed E-state index contributed by atoms with van der Waals surface area (Å²) in [4.78, 5) is 26.5. The van der Waals surface area contributed by atoms with E-state index in [0.717, 1.165) is 10.6 Å². The SMILES string of the molecule is CCN(c1nc2ccc(Oc3ccnc(C(=O)NC)c3)cc2o1)c1nccs1. The van der Waals surface area contributed by atoms with Gasteiger partial charge in [-0.25, -0.2) is 4.98 Å². The number of nitrogens with zero attached hydrogens (tertiary/aromatic N) is 4. The van der Waals surface area contributed by atoms with E-state index in [0.29, 0.717) is 29.6 Å². The molecule has 0 aliphatic carbocycles. The molecule has 9 heteroatoms. The van der Waals surface area contributed by atoms with Crippen LogP contribution in [0.25, 0.3) is 11.1 Å². The minimum absolute atomic E-state index is 0.275. The maximum absolute atomic E-state index is 11.7. The summed E-state index contributed by atoms with van der Waals surface area (Å²) in [6.45, 7) is 2.70. The minimum Gasteiger partial charge on any atom is -0.457 e. The third kappa shape index (κ3) is 3.52. The predicted octanol–water partition coefficient (Wildman–Crippen LogP) is 3.99. The molecule has 1 amide bonds. The molecule has 4 rings (SSSR count). The molecule has 1 aromatic carbocycles. The quantitative estimate of drug-likeness (QED) is 0.527. The van der Waals surface area contributed by atoms with E-state index in [2.05, 4.69) is 20.3 Å². The topological polar surface area (TPSA) is 93.4 Å². The highest BCUT2D eigenvalue weighted by atomic mass is 32.1. The van der Waals surface area contributed by atoms with E-state index in [4.69, 9.17) is 9.15 Å². The molecule has 142 valence electrons. The molecule has 0 saturated carbocycles. The summed E-state index contributed by atoms with van der Waals surface area (Å²) in [5.74, 6) is 0.801. The molecule has 8 nitrogen and oxygen atoms in total. The van der Waals surface area contributed by atoms with Gasteiger partial charge in [-0.05, 0) is 25.1 Å². The fourth-order valence-electron chi connectivity index (χ4n) is 2.64. The van der Waals surface area contributed by atoms with Crippen molar-refractivity contribution >= 4 is 39.5 Å². The van der Waals surface area contributed by atoms with Crippen molar-refractivity contribution in [2.24, 2.45) is 0 Å². The third-order valence-corrected chi connectivity index (χ3v) is 4.77. The first-order chi connectivity index (χ1) is 13.7. The first-order valence-electron chi connectivity index (χ1n) is 8.61. The fourth-order valence-corrected chi connectivity index (χ4v) is 3.34. The molecular formula is C19H17N5O3S. The summed E-state index contributed by atoms with van der Waals surface area (Å²) in [5, 5.41) is 5.27. The highest BCUT2D eigenvalue weighted by molar-refractivity contribution is 7.13. The molecule has 4 aromatic rings. The number of carbonyl (C=O) groups excluding carboxylic acids is 1. The standard InChI is InChI=1S/C19H17N5O3S/c1-3-24(19-22-8-9-28-19)18-23-14-5-4-12(11-16(14)27-18)26-13-6-7-21-15(10-13)17(25)20-2/h4-11H,3H2,1-2H3,(H,20,25). The molecule has 3 heterocycles. The number of thiazole rings is 1. The molecule has 0 unspecified atom stereocenters. The van der Waals surface area contributed by atoms with Gasteiger partial charge in [-0.3, -0.25) is 14.7 Å². The zero-order valence-corrected chi connectivity index (χ0v) is 16.1. The Labute approximate surface area is 164 Å². The Morgan fingerprint density at radius 1 is 1.21 bits per heavy atom. The van der Waals surface area contributed by atoms with Gasteiger partial charge in [0.15, 0.2) is 10.7 Å². The summed E-state index contributed by atoms with van der Waals surface area (Å²) in [6.07, 6.45) is 3.27. The van der Waals surface area contributed by atoms with Crippen LogP contribution in [0.2, 0.25) is 0 Å². The van der Waals surface area contributed by atoms with Gasteiger partial charge >= 0.3 is 6.01 Å². The molecule has 0 saturated heterocycles. The van der Waals surface area contributed by atoms with Crippen molar-refractivity contribution in [3.8, 4) is 11.5 Å². The summed E-state index contributed by atoms with van der Waals surface area (Å²) >= 11 is 1.52. The number of anilines is 2.